The molecule has 0 unspecified atom stereocenters. The largest absolute Gasteiger partial charge is 0.453 e. The maximum absolute atomic E-state index is 12.2. The van der Waals surface area contributed by atoms with E-state index >= 15 is 0 Å². The monoisotopic (exact) mass is 364 g/mol. The maximum atomic E-state index is 12.2. The molecule has 0 fully saturated rings. The van der Waals surface area contributed by atoms with E-state index in [-0.39, 0.29) is 18.4 Å². The first-order valence-corrected chi connectivity index (χ1v) is 8.17. The number of nitrogen functional groups attached to an aromatic ring is 1. The van der Waals surface area contributed by atoms with E-state index in [0.717, 1.165) is 11.3 Å². The molecular weight excluding hydrogens is 348 g/mol. The number of anilines is 1. The number of amides is 1. The van der Waals surface area contributed by atoms with E-state index in [1.165, 1.54) is 0 Å². The van der Waals surface area contributed by atoms with E-state index in [4.69, 9.17) is 14.7 Å². The molecule has 0 saturated carbocycles. The number of carbonyl (C=O) groups excluding carboxylic acids is 1. The summed E-state index contributed by atoms with van der Waals surface area (Å²) < 4.78 is 10.8. The van der Waals surface area contributed by atoms with Gasteiger partial charge in [-0.15, -0.1) is 5.10 Å². The van der Waals surface area contributed by atoms with Crippen molar-refractivity contribution in [1.29, 1.82) is 0 Å². The lowest BCUT2D eigenvalue weighted by molar-refractivity contribution is 0.0947. The summed E-state index contributed by atoms with van der Waals surface area (Å²) >= 11 is 0. The minimum absolute atomic E-state index is 0.152. The van der Waals surface area contributed by atoms with Gasteiger partial charge in [0.05, 0.1) is 12.2 Å². The smallest absolute Gasteiger partial charge is 0.251 e. The van der Waals surface area contributed by atoms with Crippen LogP contribution in [0.2, 0.25) is 0 Å². The Bertz CT molecular complexity index is 1080. The van der Waals surface area contributed by atoms with E-state index < -0.39 is 0 Å². The predicted octanol–water partition coefficient (Wildman–Crippen LogP) is 2.54. The summed E-state index contributed by atoms with van der Waals surface area (Å²) in [7, 11) is 0. The summed E-state index contributed by atoms with van der Waals surface area (Å²) in [6.45, 7) is 2.11. The van der Waals surface area contributed by atoms with Crippen LogP contribution < -0.4 is 11.1 Å². The van der Waals surface area contributed by atoms with Crippen molar-refractivity contribution in [3.8, 4) is 22.9 Å². The molecule has 4 N–H and O–H groups in total. The number of aromatic amines is 1. The predicted molar refractivity (Wildman–Crippen MR) is 96.3 cm³/mol. The molecule has 9 heteroatoms. The lowest BCUT2D eigenvalue weighted by Gasteiger charge is -2.04. The Morgan fingerprint density at radius 1 is 1.19 bits per heavy atom. The highest BCUT2D eigenvalue weighted by Gasteiger charge is 2.12. The van der Waals surface area contributed by atoms with Gasteiger partial charge >= 0.3 is 0 Å². The van der Waals surface area contributed by atoms with Gasteiger partial charge in [0.2, 0.25) is 5.95 Å². The van der Waals surface area contributed by atoms with Crippen molar-refractivity contribution in [2.45, 2.75) is 13.5 Å². The van der Waals surface area contributed by atoms with Gasteiger partial charge in [-0.3, -0.25) is 9.89 Å². The summed E-state index contributed by atoms with van der Waals surface area (Å²) in [5.74, 6) is 2.18. The summed E-state index contributed by atoms with van der Waals surface area (Å²) in [6.07, 6.45) is 0. The molecule has 3 aromatic heterocycles. The molecule has 136 valence electrons. The van der Waals surface area contributed by atoms with Crippen LogP contribution in [-0.4, -0.2) is 26.2 Å². The minimum Gasteiger partial charge on any atom is -0.453 e. The third-order valence-electron chi connectivity index (χ3n) is 3.87. The fourth-order valence-corrected chi connectivity index (χ4v) is 2.56. The van der Waals surface area contributed by atoms with Crippen molar-refractivity contribution in [1.82, 2.24) is 25.7 Å². The second kappa shape index (κ2) is 6.79. The Kier molecular flexibility index (Phi) is 4.17. The first-order valence-electron chi connectivity index (χ1n) is 8.17. The normalized spacial score (nSPS) is 10.9. The zero-order valence-electron chi connectivity index (χ0n) is 14.4. The van der Waals surface area contributed by atoms with Crippen LogP contribution in [0.5, 0.6) is 0 Å². The molecule has 0 atom stereocenters. The van der Waals surface area contributed by atoms with Gasteiger partial charge in [-0.25, -0.2) is 0 Å². The van der Waals surface area contributed by atoms with Gasteiger partial charge < -0.3 is 20.0 Å². The lowest BCUT2D eigenvalue weighted by atomic mass is 10.1. The Morgan fingerprint density at radius 2 is 1.96 bits per heavy atom. The summed E-state index contributed by atoms with van der Waals surface area (Å²) in [6, 6.07) is 12.4. The van der Waals surface area contributed by atoms with Crippen molar-refractivity contribution < 1.29 is 13.7 Å². The van der Waals surface area contributed by atoms with Crippen LogP contribution >= 0.6 is 0 Å². The number of aromatic nitrogens is 4. The summed E-state index contributed by atoms with van der Waals surface area (Å²) in [5, 5.41) is 13.0. The Hall–Kier alpha value is -3.88. The quantitative estimate of drug-likeness (QED) is 0.495. The molecule has 3 heterocycles. The maximum Gasteiger partial charge on any atom is 0.251 e. The fraction of sp³-hybridized carbons (Fsp3) is 0.111. The summed E-state index contributed by atoms with van der Waals surface area (Å²) in [4.78, 5) is 16.3. The van der Waals surface area contributed by atoms with Crippen molar-refractivity contribution >= 4 is 11.9 Å². The number of H-pyrrole nitrogens is 1. The molecule has 27 heavy (non-hydrogen) atoms. The molecule has 0 spiro atoms. The van der Waals surface area contributed by atoms with Gasteiger partial charge in [-0.1, -0.05) is 17.3 Å². The molecule has 4 aromatic rings. The van der Waals surface area contributed by atoms with Crippen molar-refractivity contribution in [3.05, 3.63) is 59.5 Å². The van der Waals surface area contributed by atoms with Crippen LogP contribution in [0.15, 0.2) is 51.4 Å². The zero-order chi connectivity index (χ0) is 18.8. The first-order chi connectivity index (χ1) is 13.1. The molecule has 0 aliphatic rings. The Labute approximate surface area is 153 Å². The van der Waals surface area contributed by atoms with Gasteiger partial charge in [0.25, 0.3) is 5.91 Å². The third-order valence-corrected chi connectivity index (χ3v) is 3.87. The van der Waals surface area contributed by atoms with E-state index in [0.29, 0.717) is 28.7 Å². The van der Waals surface area contributed by atoms with Crippen LogP contribution in [0.25, 0.3) is 22.9 Å². The molecule has 9 nitrogen and oxygen atoms in total. The highest BCUT2D eigenvalue weighted by Crippen LogP contribution is 2.27. The number of nitrogens with two attached hydrogens (primary N) is 1. The van der Waals surface area contributed by atoms with Gasteiger partial charge in [-0.2, -0.15) is 4.98 Å². The van der Waals surface area contributed by atoms with Crippen LogP contribution in [0, 0.1) is 6.92 Å². The van der Waals surface area contributed by atoms with Crippen LogP contribution in [0.3, 0.4) is 0 Å². The molecule has 0 radical (unpaired) electrons. The first kappa shape index (κ1) is 16.6. The van der Waals surface area contributed by atoms with Gasteiger partial charge in [0.1, 0.15) is 5.76 Å². The van der Waals surface area contributed by atoms with E-state index in [2.05, 4.69) is 25.7 Å². The molecular formula is C18H16N6O3. The lowest BCUT2D eigenvalue weighted by Crippen LogP contribution is -2.22. The minimum atomic E-state index is -0.201. The highest BCUT2D eigenvalue weighted by molar-refractivity contribution is 5.94. The third kappa shape index (κ3) is 3.56. The van der Waals surface area contributed by atoms with Gasteiger partial charge in [0, 0.05) is 17.2 Å². The number of nitrogens with zero attached hydrogens (tertiary/aromatic N) is 3. The standard InChI is InChI=1S/C18H16N6O3/c1-10-8-13(27-24-10)9-20-17(25)12-4-2-11(3-5-12)14-6-7-15(26-14)16-21-18(19)23-22-16/h2-8H,9H2,1H3,(H,20,25)(H3,19,21,22,23). The fourth-order valence-electron chi connectivity index (χ4n) is 2.56. The van der Waals surface area contributed by atoms with Gasteiger partial charge in [-0.05, 0) is 31.2 Å². The number of hydrogen-bond donors (Lipinski definition) is 3. The van der Waals surface area contributed by atoms with Crippen LogP contribution in [0.4, 0.5) is 5.95 Å². The van der Waals surface area contributed by atoms with Crippen LogP contribution in [0.1, 0.15) is 21.8 Å². The Balaban J connectivity index is 1.44. The number of hydrogen-bond acceptors (Lipinski definition) is 7. The number of nitrogens with one attached hydrogen (secondary N) is 2. The topological polar surface area (TPSA) is 136 Å². The molecule has 0 bridgehead atoms. The molecule has 0 saturated heterocycles. The van der Waals surface area contributed by atoms with Crippen molar-refractivity contribution in [2.24, 2.45) is 0 Å². The van der Waals surface area contributed by atoms with Gasteiger partial charge in [0.15, 0.2) is 17.3 Å². The number of rotatable bonds is 5. The number of benzene rings is 1. The number of carbonyl (C=O) groups is 1. The molecule has 0 aliphatic carbocycles. The molecule has 1 amide bonds. The zero-order valence-corrected chi connectivity index (χ0v) is 14.4. The molecule has 4 rings (SSSR count). The van der Waals surface area contributed by atoms with Crippen LogP contribution in [-0.2, 0) is 6.54 Å². The average molecular weight is 364 g/mol. The SMILES string of the molecule is Cc1cc(CNC(=O)c2ccc(-c3ccc(-c4nc(N)n[nH]4)o3)cc2)on1. The second-order valence-electron chi connectivity index (χ2n) is 5.90. The Morgan fingerprint density at radius 3 is 2.63 bits per heavy atom. The average Bonchev–Trinajstić information content (AvgIpc) is 3.41. The summed E-state index contributed by atoms with van der Waals surface area (Å²) in [5.41, 5.74) is 7.63. The van der Waals surface area contributed by atoms with Crippen molar-refractivity contribution in [2.75, 3.05) is 5.73 Å². The van der Waals surface area contributed by atoms with Crippen molar-refractivity contribution in [3.63, 3.8) is 0 Å². The van der Waals surface area contributed by atoms with E-state index in [1.54, 1.807) is 24.3 Å². The molecule has 0 aliphatic heterocycles. The van der Waals surface area contributed by atoms with E-state index in [9.17, 15) is 4.79 Å². The second-order valence-corrected chi connectivity index (χ2v) is 5.90. The highest BCUT2D eigenvalue weighted by atomic mass is 16.5. The number of furan rings is 1. The number of aryl methyl sites for hydroxylation is 1. The van der Waals surface area contributed by atoms with E-state index in [1.807, 2.05) is 25.1 Å². The molecule has 1 aromatic carbocycles.